The van der Waals surface area contributed by atoms with Gasteiger partial charge in [-0.15, -0.1) is 11.6 Å². The molecular formula is C10H10Cl3IO. The van der Waals surface area contributed by atoms with E-state index in [2.05, 4.69) is 22.6 Å². The van der Waals surface area contributed by atoms with E-state index < -0.39 is 12.8 Å². The van der Waals surface area contributed by atoms with Crippen LogP contribution in [0.4, 0.5) is 0 Å². The molecule has 84 valence electrons. The lowest BCUT2D eigenvalue weighted by atomic mass is 9.98. The van der Waals surface area contributed by atoms with E-state index in [1.807, 2.05) is 31.2 Å². The summed E-state index contributed by atoms with van der Waals surface area (Å²) in [4.78, 5) is 0. The minimum Gasteiger partial charge on any atom is -0.362 e. The number of hydrogen-bond acceptors (Lipinski definition) is 1. The van der Waals surface area contributed by atoms with Gasteiger partial charge in [0.15, 0.2) is 0 Å². The number of halogens is 4. The molecule has 0 heterocycles. The molecule has 15 heavy (non-hydrogen) atoms. The third kappa shape index (κ3) is 1.77. The van der Waals surface area contributed by atoms with Crippen molar-refractivity contribution in [3.63, 3.8) is 0 Å². The Morgan fingerprint density at radius 1 is 1.33 bits per heavy atom. The first kappa shape index (κ1) is 12.5. The predicted molar refractivity (Wildman–Crippen MR) is 72.6 cm³/mol. The summed E-state index contributed by atoms with van der Waals surface area (Å²) < 4.78 is -2.25. The third-order valence-electron chi connectivity index (χ3n) is 3.18. The van der Waals surface area contributed by atoms with E-state index in [1.165, 1.54) is 0 Å². The third-order valence-corrected chi connectivity index (χ3v) is 4.75. The molecule has 2 aliphatic carbocycles. The van der Waals surface area contributed by atoms with Crippen LogP contribution in [0.2, 0.25) is 0 Å². The smallest absolute Gasteiger partial charge is 0.225 e. The van der Waals surface area contributed by atoms with Crippen LogP contribution in [0.3, 0.4) is 0 Å². The standard InChI is InChI=1S/C10H10Cl3IO/c1-8(11,14)7-6-4-2-3-5-9(6,7)10(12,13)15/h2-7,15H,1H3/t6-,7?,8?,9?/m1/s1. The Balaban J connectivity index is 2.40. The lowest BCUT2D eigenvalue weighted by molar-refractivity contribution is 0.140. The van der Waals surface area contributed by atoms with Crippen LogP contribution in [-0.2, 0) is 0 Å². The Morgan fingerprint density at radius 3 is 2.33 bits per heavy atom. The van der Waals surface area contributed by atoms with E-state index >= 15 is 0 Å². The van der Waals surface area contributed by atoms with Crippen molar-refractivity contribution in [2.24, 2.45) is 17.3 Å². The maximum absolute atomic E-state index is 9.86. The van der Waals surface area contributed by atoms with Crippen LogP contribution in [0.1, 0.15) is 6.92 Å². The number of aliphatic hydroxyl groups is 1. The molecule has 2 aliphatic rings. The fourth-order valence-corrected chi connectivity index (χ4v) is 4.37. The van der Waals surface area contributed by atoms with E-state index in [-0.39, 0.29) is 11.8 Å². The Labute approximate surface area is 118 Å². The van der Waals surface area contributed by atoms with Gasteiger partial charge in [0.05, 0.1) is 8.30 Å². The van der Waals surface area contributed by atoms with Gasteiger partial charge in [0, 0.05) is 5.92 Å². The van der Waals surface area contributed by atoms with Crippen LogP contribution < -0.4 is 0 Å². The molecule has 0 bridgehead atoms. The fraction of sp³-hybridized carbons (Fsp3) is 0.600. The van der Waals surface area contributed by atoms with E-state index in [9.17, 15) is 5.11 Å². The van der Waals surface area contributed by atoms with Crippen molar-refractivity contribution in [2.75, 3.05) is 0 Å². The molecule has 0 spiro atoms. The molecule has 1 fully saturated rings. The molecule has 2 rings (SSSR count). The molecule has 0 aromatic carbocycles. The van der Waals surface area contributed by atoms with Crippen molar-refractivity contribution in [3.05, 3.63) is 24.3 Å². The highest BCUT2D eigenvalue weighted by molar-refractivity contribution is 14.1. The fourth-order valence-electron chi connectivity index (χ4n) is 2.54. The number of alkyl halides is 4. The van der Waals surface area contributed by atoms with Gasteiger partial charge in [-0.2, -0.15) is 0 Å². The highest BCUT2D eigenvalue weighted by atomic mass is 127. The van der Waals surface area contributed by atoms with Crippen molar-refractivity contribution in [3.8, 4) is 0 Å². The first-order valence-electron chi connectivity index (χ1n) is 4.55. The Bertz CT molecular complexity index is 340. The van der Waals surface area contributed by atoms with Crippen molar-refractivity contribution < 1.29 is 5.11 Å². The van der Waals surface area contributed by atoms with Crippen molar-refractivity contribution in [1.29, 1.82) is 0 Å². The van der Waals surface area contributed by atoms with Crippen molar-refractivity contribution in [2.45, 2.75) is 14.3 Å². The topological polar surface area (TPSA) is 20.2 Å². The SMILES string of the molecule is CC(Cl)(I)C1[C@H]2C=CC=CC12C(O)(Cl)Cl. The summed E-state index contributed by atoms with van der Waals surface area (Å²) in [5.41, 5.74) is -0.636. The largest absolute Gasteiger partial charge is 0.362 e. The molecular weight excluding hydrogens is 369 g/mol. The van der Waals surface area contributed by atoms with Crippen LogP contribution in [0, 0.1) is 17.3 Å². The summed E-state index contributed by atoms with van der Waals surface area (Å²) in [5.74, 6) is 0.157. The second kappa shape index (κ2) is 3.52. The van der Waals surface area contributed by atoms with E-state index in [0.29, 0.717) is 0 Å². The molecule has 0 amide bonds. The summed E-state index contributed by atoms with van der Waals surface area (Å²) >= 11 is 20.2. The van der Waals surface area contributed by atoms with Gasteiger partial charge >= 0.3 is 0 Å². The molecule has 4 atom stereocenters. The molecule has 0 saturated heterocycles. The minimum atomic E-state index is -1.77. The van der Waals surface area contributed by atoms with Gasteiger partial charge in [-0.1, -0.05) is 70.1 Å². The quantitative estimate of drug-likeness (QED) is 0.571. The Morgan fingerprint density at radius 2 is 1.93 bits per heavy atom. The summed E-state index contributed by atoms with van der Waals surface area (Å²) in [6, 6.07) is 0. The monoisotopic (exact) mass is 378 g/mol. The summed E-state index contributed by atoms with van der Waals surface area (Å²) in [5, 5.41) is 9.86. The zero-order chi connectivity index (χ0) is 11.5. The summed E-state index contributed by atoms with van der Waals surface area (Å²) in [7, 11) is 0. The van der Waals surface area contributed by atoms with Crippen LogP contribution >= 0.6 is 57.4 Å². The molecule has 1 saturated carbocycles. The first-order valence-corrected chi connectivity index (χ1v) is 6.76. The molecule has 0 radical (unpaired) electrons. The molecule has 0 aliphatic heterocycles. The van der Waals surface area contributed by atoms with Crippen LogP contribution in [0.15, 0.2) is 24.3 Å². The average Bonchev–Trinajstić information content (AvgIpc) is 2.71. The first-order chi connectivity index (χ1) is 6.71. The second-order valence-corrected chi connectivity index (χ2v) is 9.13. The number of hydrogen-bond donors (Lipinski definition) is 1. The lowest BCUT2D eigenvalue weighted by Gasteiger charge is -2.27. The Hall–Kier alpha value is 1.04. The van der Waals surface area contributed by atoms with Gasteiger partial charge in [-0.3, -0.25) is 0 Å². The molecule has 0 aromatic rings. The normalized spacial score (nSPS) is 42.3. The predicted octanol–water partition coefficient (Wildman–Crippen LogP) is 3.86. The van der Waals surface area contributed by atoms with Crippen LogP contribution in [0.5, 0.6) is 0 Å². The summed E-state index contributed by atoms with van der Waals surface area (Å²) in [6.07, 6.45) is 7.65. The van der Waals surface area contributed by atoms with E-state index in [0.717, 1.165) is 0 Å². The highest BCUT2D eigenvalue weighted by Crippen LogP contribution is 2.75. The molecule has 5 heteroatoms. The number of fused-ring (bicyclic) bond motifs is 1. The van der Waals surface area contributed by atoms with Gasteiger partial charge in [0.1, 0.15) is 0 Å². The molecule has 1 nitrogen and oxygen atoms in total. The molecule has 1 N–H and O–H groups in total. The highest BCUT2D eigenvalue weighted by Gasteiger charge is 2.76. The number of rotatable bonds is 2. The van der Waals surface area contributed by atoms with E-state index in [4.69, 9.17) is 34.8 Å². The van der Waals surface area contributed by atoms with Crippen LogP contribution in [-0.4, -0.2) is 12.5 Å². The summed E-state index contributed by atoms with van der Waals surface area (Å²) in [6.45, 7) is 1.90. The van der Waals surface area contributed by atoms with Gasteiger partial charge < -0.3 is 5.11 Å². The minimum absolute atomic E-state index is 0.0438. The van der Waals surface area contributed by atoms with Gasteiger partial charge in [0.25, 0.3) is 0 Å². The molecule has 3 unspecified atom stereocenters. The average molecular weight is 379 g/mol. The zero-order valence-corrected chi connectivity index (χ0v) is 12.3. The van der Waals surface area contributed by atoms with Gasteiger partial charge in [-0.25, -0.2) is 0 Å². The zero-order valence-electron chi connectivity index (χ0n) is 7.92. The van der Waals surface area contributed by atoms with Crippen LogP contribution in [0.25, 0.3) is 0 Å². The van der Waals surface area contributed by atoms with E-state index in [1.54, 1.807) is 0 Å². The number of allylic oxidation sites excluding steroid dienone is 3. The Kier molecular flexibility index (Phi) is 2.93. The maximum Gasteiger partial charge on any atom is 0.225 e. The van der Waals surface area contributed by atoms with Gasteiger partial charge in [-0.05, 0) is 12.8 Å². The molecule has 0 aromatic heterocycles. The maximum atomic E-state index is 9.86. The second-order valence-electron chi connectivity index (χ2n) is 4.18. The van der Waals surface area contributed by atoms with Crippen molar-refractivity contribution in [1.82, 2.24) is 0 Å². The lowest BCUT2D eigenvalue weighted by Crippen LogP contribution is -2.31. The van der Waals surface area contributed by atoms with Gasteiger partial charge in [0.2, 0.25) is 4.52 Å². The van der Waals surface area contributed by atoms with Crippen molar-refractivity contribution >= 4 is 57.4 Å².